The molecular formula is C13H22N2O. The summed E-state index contributed by atoms with van der Waals surface area (Å²) >= 11 is 0. The minimum absolute atomic E-state index is 0.759. The number of methoxy groups -OCH3 is 1. The van der Waals surface area contributed by atoms with Crippen LogP contribution in [0.3, 0.4) is 0 Å². The van der Waals surface area contributed by atoms with Gasteiger partial charge in [-0.25, -0.2) is 0 Å². The molecule has 0 atom stereocenters. The summed E-state index contributed by atoms with van der Waals surface area (Å²) in [6, 6.07) is 6.57. The van der Waals surface area contributed by atoms with Gasteiger partial charge in [0.15, 0.2) is 0 Å². The molecule has 0 aliphatic rings. The number of ether oxygens (including phenoxy) is 1. The van der Waals surface area contributed by atoms with Crippen LogP contribution in [0.15, 0.2) is 18.2 Å². The maximum Gasteiger partial charge on any atom is 0.0587 e. The average Bonchev–Trinajstić information content (AvgIpc) is 2.24. The van der Waals surface area contributed by atoms with Crippen molar-refractivity contribution in [3.05, 3.63) is 29.3 Å². The molecule has 0 spiro atoms. The molecule has 0 aliphatic carbocycles. The average molecular weight is 222 g/mol. The molecule has 0 saturated carbocycles. The molecule has 0 bridgehead atoms. The number of anilines is 1. The summed E-state index contributed by atoms with van der Waals surface area (Å²) in [5.41, 5.74) is 3.91. The van der Waals surface area contributed by atoms with Crippen LogP contribution in [0.2, 0.25) is 0 Å². The van der Waals surface area contributed by atoms with Gasteiger partial charge in [0.25, 0.3) is 0 Å². The Morgan fingerprint density at radius 2 is 2.06 bits per heavy atom. The monoisotopic (exact) mass is 222 g/mol. The second-order valence-electron chi connectivity index (χ2n) is 4.18. The number of hydrogen-bond donors (Lipinski definition) is 1. The molecule has 3 nitrogen and oxygen atoms in total. The minimum atomic E-state index is 0.759. The lowest BCUT2D eigenvalue weighted by atomic mass is 10.1. The Hall–Kier alpha value is -1.06. The van der Waals surface area contributed by atoms with Crippen molar-refractivity contribution in [2.24, 2.45) is 0 Å². The molecule has 0 aliphatic heterocycles. The fourth-order valence-electron chi connectivity index (χ4n) is 1.74. The second-order valence-corrected chi connectivity index (χ2v) is 4.18. The Bertz CT molecular complexity index is 324. The lowest BCUT2D eigenvalue weighted by Crippen LogP contribution is -2.18. The summed E-state index contributed by atoms with van der Waals surface area (Å²) in [5, 5.41) is 3.34. The summed E-state index contributed by atoms with van der Waals surface area (Å²) in [6.45, 7) is 4.70. The van der Waals surface area contributed by atoms with Gasteiger partial charge in [0.1, 0.15) is 0 Å². The van der Waals surface area contributed by atoms with E-state index in [0.717, 1.165) is 19.7 Å². The van der Waals surface area contributed by atoms with Crippen LogP contribution in [0, 0.1) is 6.92 Å². The maximum atomic E-state index is 4.98. The molecule has 1 aromatic carbocycles. The number of nitrogens with one attached hydrogen (secondary N) is 1. The highest BCUT2D eigenvalue weighted by atomic mass is 16.5. The van der Waals surface area contributed by atoms with E-state index in [1.807, 2.05) is 0 Å². The van der Waals surface area contributed by atoms with E-state index in [1.54, 1.807) is 7.11 Å². The molecule has 0 fully saturated rings. The van der Waals surface area contributed by atoms with E-state index in [0.29, 0.717) is 0 Å². The van der Waals surface area contributed by atoms with Gasteiger partial charge in [-0.1, -0.05) is 12.1 Å². The van der Waals surface area contributed by atoms with Gasteiger partial charge < -0.3 is 15.0 Å². The zero-order valence-electron chi connectivity index (χ0n) is 10.7. The first-order valence-corrected chi connectivity index (χ1v) is 5.61. The van der Waals surface area contributed by atoms with Gasteiger partial charge in [0.05, 0.1) is 6.61 Å². The van der Waals surface area contributed by atoms with Crippen molar-refractivity contribution in [2.45, 2.75) is 13.5 Å². The predicted octanol–water partition coefficient (Wildman–Crippen LogP) is 1.80. The van der Waals surface area contributed by atoms with Gasteiger partial charge in [0, 0.05) is 40.0 Å². The summed E-state index contributed by atoms with van der Waals surface area (Å²) in [5.74, 6) is 0. The molecule has 3 heteroatoms. The third-order valence-corrected chi connectivity index (χ3v) is 2.56. The van der Waals surface area contributed by atoms with Crippen LogP contribution in [0.5, 0.6) is 0 Å². The largest absolute Gasteiger partial charge is 0.383 e. The van der Waals surface area contributed by atoms with E-state index >= 15 is 0 Å². The third-order valence-electron chi connectivity index (χ3n) is 2.56. The highest BCUT2D eigenvalue weighted by Crippen LogP contribution is 2.18. The Morgan fingerprint density at radius 1 is 1.31 bits per heavy atom. The Balaban J connectivity index is 2.53. The predicted molar refractivity (Wildman–Crippen MR) is 69.1 cm³/mol. The number of aryl methyl sites for hydroxylation is 1. The van der Waals surface area contributed by atoms with Crippen molar-refractivity contribution < 1.29 is 4.74 Å². The Labute approximate surface area is 98.4 Å². The normalized spacial score (nSPS) is 10.5. The molecule has 1 N–H and O–H groups in total. The van der Waals surface area contributed by atoms with E-state index < -0.39 is 0 Å². The van der Waals surface area contributed by atoms with Crippen LogP contribution in [-0.2, 0) is 11.3 Å². The van der Waals surface area contributed by atoms with Crippen LogP contribution in [-0.4, -0.2) is 34.4 Å². The van der Waals surface area contributed by atoms with Crippen LogP contribution in [0.4, 0.5) is 5.69 Å². The topological polar surface area (TPSA) is 24.5 Å². The standard InChI is InChI=1S/C13H22N2O/c1-11-9-12(10-14-7-8-16-4)5-6-13(11)15(2)3/h5-6,9,14H,7-8,10H2,1-4H3. The molecule has 1 aromatic rings. The maximum absolute atomic E-state index is 4.98. The van der Waals surface area contributed by atoms with Crippen LogP contribution >= 0.6 is 0 Å². The highest BCUT2D eigenvalue weighted by Gasteiger charge is 2.01. The van der Waals surface area contributed by atoms with E-state index in [1.165, 1.54) is 16.8 Å². The zero-order chi connectivity index (χ0) is 12.0. The molecule has 0 saturated heterocycles. The van der Waals surface area contributed by atoms with Crippen molar-refractivity contribution in [2.75, 3.05) is 39.3 Å². The molecule has 16 heavy (non-hydrogen) atoms. The lowest BCUT2D eigenvalue weighted by molar-refractivity contribution is 0.199. The van der Waals surface area contributed by atoms with Gasteiger partial charge in [-0.3, -0.25) is 0 Å². The van der Waals surface area contributed by atoms with E-state index in [-0.39, 0.29) is 0 Å². The van der Waals surface area contributed by atoms with Crippen LogP contribution < -0.4 is 10.2 Å². The van der Waals surface area contributed by atoms with Gasteiger partial charge in [0.2, 0.25) is 0 Å². The summed E-state index contributed by atoms with van der Waals surface area (Å²) < 4.78 is 4.98. The first-order valence-electron chi connectivity index (χ1n) is 5.61. The number of benzene rings is 1. The minimum Gasteiger partial charge on any atom is -0.383 e. The zero-order valence-corrected chi connectivity index (χ0v) is 10.7. The molecule has 0 aromatic heterocycles. The molecule has 0 amide bonds. The van der Waals surface area contributed by atoms with Crippen molar-refractivity contribution in [3.63, 3.8) is 0 Å². The molecule has 0 unspecified atom stereocenters. The Kier molecular flexibility index (Phi) is 5.29. The van der Waals surface area contributed by atoms with Gasteiger partial charge in [-0.05, 0) is 24.1 Å². The number of rotatable bonds is 6. The van der Waals surface area contributed by atoms with Crippen molar-refractivity contribution in [3.8, 4) is 0 Å². The molecule has 1 rings (SSSR count). The van der Waals surface area contributed by atoms with Gasteiger partial charge in [-0.2, -0.15) is 0 Å². The quantitative estimate of drug-likeness (QED) is 0.743. The van der Waals surface area contributed by atoms with E-state index in [9.17, 15) is 0 Å². The van der Waals surface area contributed by atoms with E-state index in [2.05, 4.69) is 49.4 Å². The van der Waals surface area contributed by atoms with Crippen LogP contribution in [0.25, 0.3) is 0 Å². The SMILES string of the molecule is COCCNCc1ccc(N(C)C)c(C)c1. The van der Waals surface area contributed by atoms with Crippen molar-refractivity contribution in [1.29, 1.82) is 0 Å². The second kappa shape index (κ2) is 6.51. The fourth-order valence-corrected chi connectivity index (χ4v) is 1.74. The number of hydrogen-bond acceptors (Lipinski definition) is 3. The highest BCUT2D eigenvalue weighted by molar-refractivity contribution is 5.53. The van der Waals surface area contributed by atoms with E-state index in [4.69, 9.17) is 4.74 Å². The van der Waals surface area contributed by atoms with Crippen LogP contribution in [0.1, 0.15) is 11.1 Å². The fraction of sp³-hybridized carbons (Fsp3) is 0.538. The van der Waals surface area contributed by atoms with Gasteiger partial charge in [-0.15, -0.1) is 0 Å². The lowest BCUT2D eigenvalue weighted by Gasteiger charge is -2.16. The van der Waals surface area contributed by atoms with Crippen molar-refractivity contribution in [1.82, 2.24) is 5.32 Å². The Morgan fingerprint density at radius 3 is 2.62 bits per heavy atom. The molecule has 0 heterocycles. The molecule has 90 valence electrons. The number of nitrogens with zero attached hydrogens (tertiary/aromatic N) is 1. The summed E-state index contributed by atoms with van der Waals surface area (Å²) in [7, 11) is 5.86. The third kappa shape index (κ3) is 3.83. The summed E-state index contributed by atoms with van der Waals surface area (Å²) in [4.78, 5) is 2.14. The molecule has 0 radical (unpaired) electrons. The summed E-state index contributed by atoms with van der Waals surface area (Å²) in [6.07, 6.45) is 0. The van der Waals surface area contributed by atoms with Crippen molar-refractivity contribution >= 4 is 5.69 Å². The first kappa shape index (κ1) is 13.0. The first-order chi connectivity index (χ1) is 7.65. The smallest absolute Gasteiger partial charge is 0.0587 e. The molecular weight excluding hydrogens is 200 g/mol. The van der Waals surface area contributed by atoms with Gasteiger partial charge >= 0.3 is 0 Å².